The summed E-state index contributed by atoms with van der Waals surface area (Å²) in [5.41, 5.74) is 2.08. The fraction of sp³-hybridized carbons (Fsp3) is 0.562. The Kier molecular flexibility index (Phi) is 4.63. The summed E-state index contributed by atoms with van der Waals surface area (Å²) in [6, 6.07) is 8.27. The van der Waals surface area contributed by atoms with Crippen LogP contribution >= 0.6 is 11.8 Å². The lowest BCUT2D eigenvalue weighted by molar-refractivity contribution is 0.0827. The van der Waals surface area contributed by atoms with Crippen LogP contribution in [0.2, 0.25) is 0 Å². The molecule has 1 aliphatic heterocycles. The third-order valence-electron chi connectivity index (χ3n) is 3.98. The molecule has 2 rings (SSSR count). The van der Waals surface area contributed by atoms with Gasteiger partial charge < -0.3 is 10.2 Å². The Morgan fingerprint density at radius 2 is 2.15 bits per heavy atom. The van der Waals surface area contributed by atoms with Gasteiger partial charge >= 0.3 is 0 Å². The van der Waals surface area contributed by atoms with Crippen LogP contribution in [0.5, 0.6) is 0 Å². The maximum absolute atomic E-state index is 12.0. The van der Waals surface area contributed by atoms with Crippen LogP contribution in [0, 0.1) is 5.41 Å². The molecule has 4 heteroatoms. The van der Waals surface area contributed by atoms with Crippen LogP contribution in [0.25, 0.3) is 0 Å². The predicted octanol–water partition coefficient (Wildman–Crippen LogP) is 3.33. The van der Waals surface area contributed by atoms with Gasteiger partial charge in [0.25, 0.3) is 5.91 Å². The van der Waals surface area contributed by atoms with Gasteiger partial charge in [0.05, 0.1) is 0 Å². The lowest BCUT2D eigenvalue weighted by Crippen LogP contribution is -2.41. The van der Waals surface area contributed by atoms with Gasteiger partial charge in [0, 0.05) is 37.1 Å². The minimum atomic E-state index is 0.0472. The molecule has 1 aromatic carbocycles. The van der Waals surface area contributed by atoms with Crippen molar-refractivity contribution in [3.05, 3.63) is 29.8 Å². The zero-order chi connectivity index (χ0) is 14.8. The number of anilines is 1. The molecule has 0 saturated carbocycles. The summed E-state index contributed by atoms with van der Waals surface area (Å²) in [6.07, 6.45) is 1.23. The molecule has 0 aliphatic carbocycles. The second-order valence-electron chi connectivity index (χ2n) is 6.29. The Bertz CT molecular complexity index is 485. The number of nitrogens with zero attached hydrogens (tertiary/aromatic N) is 1. The van der Waals surface area contributed by atoms with Crippen LogP contribution in [0.4, 0.5) is 5.69 Å². The minimum absolute atomic E-state index is 0.0472. The Morgan fingerprint density at radius 1 is 1.40 bits per heavy atom. The Hall–Kier alpha value is -1.16. The van der Waals surface area contributed by atoms with Gasteiger partial charge in [-0.3, -0.25) is 4.79 Å². The number of nitrogens with one attached hydrogen (secondary N) is 1. The van der Waals surface area contributed by atoms with Crippen LogP contribution in [0.1, 0.15) is 30.6 Å². The maximum Gasteiger partial charge on any atom is 0.253 e. The normalized spacial score (nSPS) is 21.3. The van der Waals surface area contributed by atoms with E-state index in [1.807, 2.05) is 36.0 Å². The minimum Gasteiger partial charge on any atom is -0.381 e. The third kappa shape index (κ3) is 3.48. The highest BCUT2D eigenvalue weighted by molar-refractivity contribution is 7.99. The topological polar surface area (TPSA) is 32.3 Å². The largest absolute Gasteiger partial charge is 0.381 e. The molecule has 1 aromatic rings. The number of thioether (sulfide) groups is 1. The van der Waals surface area contributed by atoms with E-state index in [-0.39, 0.29) is 5.91 Å². The van der Waals surface area contributed by atoms with E-state index in [9.17, 15) is 4.79 Å². The molecule has 3 nitrogen and oxygen atoms in total. The fourth-order valence-corrected chi connectivity index (χ4v) is 3.98. The van der Waals surface area contributed by atoms with E-state index in [2.05, 4.69) is 19.2 Å². The van der Waals surface area contributed by atoms with Gasteiger partial charge in [0.2, 0.25) is 0 Å². The summed E-state index contributed by atoms with van der Waals surface area (Å²) in [7, 11) is 3.56. The molecule has 1 atom stereocenters. The summed E-state index contributed by atoms with van der Waals surface area (Å²) < 4.78 is 0. The molecular formula is C16H24N2OS. The highest BCUT2D eigenvalue weighted by Gasteiger charge is 2.32. The highest BCUT2D eigenvalue weighted by Crippen LogP contribution is 2.36. The third-order valence-corrected chi connectivity index (χ3v) is 5.04. The number of hydrogen-bond donors (Lipinski definition) is 1. The van der Waals surface area contributed by atoms with Crippen molar-refractivity contribution in [2.24, 2.45) is 5.41 Å². The van der Waals surface area contributed by atoms with Crippen LogP contribution in [0.15, 0.2) is 24.3 Å². The quantitative estimate of drug-likeness (QED) is 0.927. The molecule has 1 unspecified atom stereocenters. The SMILES string of the molecule is CN(C)C(=O)c1cccc(NC2CSCCC2(C)C)c1. The van der Waals surface area contributed by atoms with E-state index in [4.69, 9.17) is 0 Å². The van der Waals surface area contributed by atoms with E-state index in [1.165, 1.54) is 12.2 Å². The lowest BCUT2D eigenvalue weighted by atomic mass is 9.82. The number of carbonyl (C=O) groups is 1. The lowest BCUT2D eigenvalue weighted by Gasteiger charge is -2.39. The van der Waals surface area contributed by atoms with Crippen molar-refractivity contribution in [3.8, 4) is 0 Å². The second-order valence-corrected chi connectivity index (χ2v) is 7.44. The average Bonchev–Trinajstić information content (AvgIpc) is 2.40. The molecular weight excluding hydrogens is 268 g/mol. The number of hydrogen-bond acceptors (Lipinski definition) is 3. The van der Waals surface area contributed by atoms with Gasteiger partial charge in [-0.2, -0.15) is 11.8 Å². The Labute approximate surface area is 126 Å². The molecule has 1 saturated heterocycles. The highest BCUT2D eigenvalue weighted by atomic mass is 32.2. The molecule has 110 valence electrons. The van der Waals surface area contributed by atoms with Gasteiger partial charge in [-0.25, -0.2) is 0 Å². The van der Waals surface area contributed by atoms with E-state index >= 15 is 0 Å². The van der Waals surface area contributed by atoms with E-state index in [1.54, 1.807) is 19.0 Å². The second kappa shape index (κ2) is 6.08. The first-order chi connectivity index (χ1) is 9.40. The number of amides is 1. The standard InChI is InChI=1S/C16H24N2OS/c1-16(2)8-9-20-11-14(16)17-13-7-5-6-12(10-13)15(19)18(3)4/h5-7,10,14,17H,8-9,11H2,1-4H3. The summed E-state index contributed by atoms with van der Waals surface area (Å²) in [4.78, 5) is 13.6. The van der Waals surface area contributed by atoms with Crippen molar-refractivity contribution in [2.75, 3.05) is 30.9 Å². The molecule has 0 radical (unpaired) electrons. The number of benzene rings is 1. The number of carbonyl (C=O) groups excluding carboxylic acids is 1. The maximum atomic E-state index is 12.0. The first kappa shape index (κ1) is 15.2. The van der Waals surface area contributed by atoms with Crippen LogP contribution in [-0.4, -0.2) is 42.4 Å². The summed E-state index contributed by atoms with van der Waals surface area (Å²) in [6.45, 7) is 4.64. The molecule has 1 aliphatic rings. The van der Waals surface area contributed by atoms with E-state index in [0.717, 1.165) is 17.0 Å². The summed E-state index contributed by atoms with van der Waals surface area (Å²) in [5.74, 6) is 2.41. The predicted molar refractivity (Wildman–Crippen MR) is 87.6 cm³/mol. The van der Waals surface area contributed by atoms with Crippen molar-refractivity contribution < 1.29 is 4.79 Å². The van der Waals surface area contributed by atoms with Crippen molar-refractivity contribution in [1.82, 2.24) is 4.90 Å². The van der Waals surface area contributed by atoms with Gasteiger partial charge in [-0.15, -0.1) is 0 Å². The van der Waals surface area contributed by atoms with Gasteiger partial charge in [-0.1, -0.05) is 19.9 Å². The fourth-order valence-electron chi connectivity index (χ4n) is 2.37. The molecule has 0 spiro atoms. The Balaban J connectivity index is 2.13. The first-order valence-electron chi connectivity index (χ1n) is 7.06. The van der Waals surface area contributed by atoms with Crippen molar-refractivity contribution in [3.63, 3.8) is 0 Å². The Morgan fingerprint density at radius 3 is 2.80 bits per heavy atom. The molecule has 0 aromatic heterocycles. The smallest absolute Gasteiger partial charge is 0.253 e. The summed E-state index contributed by atoms with van der Waals surface area (Å²) in [5, 5.41) is 3.61. The van der Waals surface area contributed by atoms with Crippen molar-refractivity contribution in [1.29, 1.82) is 0 Å². The van der Waals surface area contributed by atoms with Crippen LogP contribution in [-0.2, 0) is 0 Å². The molecule has 1 heterocycles. The molecule has 1 amide bonds. The van der Waals surface area contributed by atoms with Crippen molar-refractivity contribution >= 4 is 23.4 Å². The van der Waals surface area contributed by atoms with Gasteiger partial charge in [-0.05, 0) is 35.8 Å². The van der Waals surface area contributed by atoms with Gasteiger partial charge in [0.1, 0.15) is 0 Å². The van der Waals surface area contributed by atoms with Crippen LogP contribution in [0.3, 0.4) is 0 Å². The number of rotatable bonds is 3. The van der Waals surface area contributed by atoms with Crippen LogP contribution < -0.4 is 5.32 Å². The molecule has 20 heavy (non-hydrogen) atoms. The molecule has 0 bridgehead atoms. The first-order valence-corrected chi connectivity index (χ1v) is 8.21. The zero-order valence-electron chi connectivity index (χ0n) is 12.8. The average molecular weight is 292 g/mol. The monoisotopic (exact) mass is 292 g/mol. The zero-order valence-corrected chi connectivity index (χ0v) is 13.6. The van der Waals surface area contributed by atoms with E-state index < -0.39 is 0 Å². The summed E-state index contributed by atoms with van der Waals surface area (Å²) >= 11 is 2.00. The molecule has 1 N–H and O–H groups in total. The van der Waals surface area contributed by atoms with Crippen molar-refractivity contribution in [2.45, 2.75) is 26.3 Å². The van der Waals surface area contributed by atoms with E-state index in [0.29, 0.717) is 11.5 Å². The molecule has 1 fully saturated rings. The van der Waals surface area contributed by atoms with Gasteiger partial charge in [0.15, 0.2) is 0 Å².